The summed E-state index contributed by atoms with van der Waals surface area (Å²) in [6.45, 7) is 1.94. The number of nitrogens with one attached hydrogen (secondary N) is 1. The van der Waals surface area contributed by atoms with E-state index in [-0.39, 0.29) is 10.5 Å². The zero-order valence-electron chi connectivity index (χ0n) is 18.9. The van der Waals surface area contributed by atoms with Gasteiger partial charge in [0.2, 0.25) is 0 Å². The normalized spacial score (nSPS) is 12.1. The first kappa shape index (κ1) is 23.2. The van der Waals surface area contributed by atoms with Crippen molar-refractivity contribution in [2.24, 2.45) is 0 Å². The third-order valence-electron chi connectivity index (χ3n) is 5.54. The third kappa shape index (κ3) is 5.00. The van der Waals surface area contributed by atoms with Gasteiger partial charge in [0.15, 0.2) is 0 Å². The molecule has 1 aromatic heterocycles. The average molecular weight is 472 g/mol. The number of rotatable bonds is 7. The van der Waals surface area contributed by atoms with Gasteiger partial charge in [-0.1, -0.05) is 60.2 Å². The summed E-state index contributed by atoms with van der Waals surface area (Å²) in [6, 6.07) is 27.8. The van der Waals surface area contributed by atoms with Crippen molar-refractivity contribution in [1.82, 2.24) is 10.3 Å². The fraction of sp³-hybridized carbons (Fsp3) is 0.111. The summed E-state index contributed by atoms with van der Waals surface area (Å²) in [4.78, 5) is 17.7. The van der Waals surface area contributed by atoms with Crippen LogP contribution in [0.4, 0.5) is 5.69 Å². The molecule has 0 aliphatic carbocycles. The number of amides is 1. The predicted molar refractivity (Wildman–Crippen MR) is 133 cm³/mol. The molecule has 0 saturated carbocycles. The minimum atomic E-state index is -3.85. The van der Waals surface area contributed by atoms with Gasteiger partial charge < -0.3 is 5.32 Å². The summed E-state index contributed by atoms with van der Waals surface area (Å²) in [5.74, 6) is -0.394. The van der Waals surface area contributed by atoms with E-state index in [1.807, 2.05) is 67.6 Å². The number of aromatic nitrogens is 1. The Hall–Kier alpha value is -3.97. The van der Waals surface area contributed by atoms with Gasteiger partial charge in [-0.05, 0) is 55.0 Å². The first-order valence-corrected chi connectivity index (χ1v) is 12.2. The van der Waals surface area contributed by atoms with Gasteiger partial charge in [0, 0.05) is 18.8 Å². The van der Waals surface area contributed by atoms with E-state index in [9.17, 15) is 13.2 Å². The van der Waals surface area contributed by atoms with Crippen molar-refractivity contribution in [2.75, 3.05) is 11.4 Å². The quantitative estimate of drug-likeness (QED) is 0.422. The van der Waals surface area contributed by atoms with Gasteiger partial charge in [-0.15, -0.1) is 0 Å². The highest BCUT2D eigenvalue weighted by molar-refractivity contribution is 7.92. The highest BCUT2D eigenvalue weighted by atomic mass is 32.2. The number of anilines is 1. The molecule has 172 valence electrons. The smallest absolute Gasteiger partial charge is 0.264 e. The second-order valence-corrected chi connectivity index (χ2v) is 9.88. The molecule has 6 nitrogen and oxygen atoms in total. The largest absolute Gasteiger partial charge is 0.340 e. The lowest BCUT2D eigenvalue weighted by Gasteiger charge is -2.21. The number of hydrogen-bond donors (Lipinski definition) is 1. The molecule has 0 bridgehead atoms. The van der Waals surface area contributed by atoms with Crippen molar-refractivity contribution in [3.05, 3.63) is 126 Å². The topological polar surface area (TPSA) is 79.4 Å². The maximum atomic E-state index is 13.2. The first-order valence-electron chi connectivity index (χ1n) is 10.8. The van der Waals surface area contributed by atoms with Crippen molar-refractivity contribution in [3.8, 4) is 0 Å². The molecule has 0 aliphatic heterocycles. The number of nitrogens with zero attached hydrogens (tertiary/aromatic N) is 2. The van der Waals surface area contributed by atoms with E-state index in [1.165, 1.54) is 23.5 Å². The fourth-order valence-electron chi connectivity index (χ4n) is 3.58. The van der Waals surface area contributed by atoms with Crippen LogP contribution in [0.2, 0.25) is 0 Å². The van der Waals surface area contributed by atoms with Gasteiger partial charge in [-0.25, -0.2) is 8.42 Å². The van der Waals surface area contributed by atoms with Gasteiger partial charge >= 0.3 is 0 Å². The average Bonchev–Trinajstić information content (AvgIpc) is 2.88. The maximum Gasteiger partial charge on any atom is 0.264 e. The molecule has 1 atom stereocenters. The standard InChI is InChI=1S/C27H25N3O3S/c1-20-14-16-23(17-15-20)30(2)34(32,33)24-12-8-11-22(19-24)27(31)29-26(21-9-4-3-5-10-21)25-13-6-7-18-28-25/h3-19,26H,1-2H3,(H,29,31). The van der Waals surface area contributed by atoms with E-state index < -0.39 is 22.0 Å². The van der Waals surface area contributed by atoms with Crippen molar-refractivity contribution >= 4 is 21.6 Å². The Morgan fingerprint density at radius 3 is 2.26 bits per heavy atom. The second kappa shape index (κ2) is 9.89. The van der Waals surface area contributed by atoms with Gasteiger partial charge in [0.05, 0.1) is 22.3 Å². The predicted octanol–water partition coefficient (Wildman–Crippen LogP) is 4.73. The molecule has 0 radical (unpaired) electrons. The summed E-state index contributed by atoms with van der Waals surface area (Å²) in [5, 5.41) is 3.00. The molecule has 34 heavy (non-hydrogen) atoms. The minimum absolute atomic E-state index is 0.0392. The SMILES string of the molecule is Cc1ccc(N(C)S(=O)(=O)c2cccc(C(=O)NC(c3ccccc3)c3ccccn3)c2)cc1. The lowest BCUT2D eigenvalue weighted by molar-refractivity contribution is 0.0942. The summed E-state index contributed by atoms with van der Waals surface area (Å²) in [6.07, 6.45) is 1.67. The zero-order chi connectivity index (χ0) is 24.1. The van der Waals surface area contributed by atoms with Gasteiger partial charge in [0.1, 0.15) is 0 Å². The van der Waals surface area contributed by atoms with E-state index >= 15 is 0 Å². The van der Waals surface area contributed by atoms with Crippen LogP contribution in [0.1, 0.15) is 33.2 Å². The van der Waals surface area contributed by atoms with Crippen LogP contribution in [0.5, 0.6) is 0 Å². The Bertz CT molecular complexity index is 1330. The number of carbonyl (C=O) groups excluding carboxylic acids is 1. The Labute approximate surface area is 200 Å². The Morgan fingerprint density at radius 1 is 0.882 bits per heavy atom. The van der Waals surface area contributed by atoms with Crippen LogP contribution >= 0.6 is 0 Å². The van der Waals surface area contributed by atoms with Gasteiger partial charge in [-0.3, -0.25) is 14.1 Å². The molecule has 1 amide bonds. The molecule has 3 aromatic carbocycles. The van der Waals surface area contributed by atoms with E-state index in [2.05, 4.69) is 10.3 Å². The van der Waals surface area contributed by atoms with Gasteiger partial charge in [-0.2, -0.15) is 0 Å². The van der Waals surface area contributed by atoms with Crippen LogP contribution in [0.25, 0.3) is 0 Å². The second-order valence-electron chi connectivity index (χ2n) is 7.91. The van der Waals surface area contributed by atoms with Crippen LogP contribution in [0, 0.1) is 6.92 Å². The van der Waals surface area contributed by atoms with Crippen molar-refractivity contribution in [1.29, 1.82) is 0 Å². The van der Waals surface area contributed by atoms with E-state index in [4.69, 9.17) is 0 Å². The molecule has 0 spiro atoms. The van der Waals surface area contributed by atoms with Crippen LogP contribution in [-0.4, -0.2) is 26.4 Å². The van der Waals surface area contributed by atoms with Crippen molar-refractivity contribution < 1.29 is 13.2 Å². The van der Waals surface area contributed by atoms with E-state index in [0.29, 0.717) is 11.4 Å². The molecular weight excluding hydrogens is 446 g/mol. The lowest BCUT2D eigenvalue weighted by atomic mass is 10.0. The molecule has 1 heterocycles. The van der Waals surface area contributed by atoms with Crippen LogP contribution in [0.15, 0.2) is 108 Å². The molecular formula is C27H25N3O3S. The number of pyridine rings is 1. The summed E-state index contributed by atoms with van der Waals surface area (Å²) in [5.41, 5.74) is 3.38. The van der Waals surface area contributed by atoms with Crippen molar-refractivity contribution in [2.45, 2.75) is 17.9 Å². The Morgan fingerprint density at radius 2 is 1.59 bits per heavy atom. The first-order chi connectivity index (χ1) is 16.4. The molecule has 0 saturated heterocycles. The summed E-state index contributed by atoms with van der Waals surface area (Å²) in [7, 11) is -2.35. The molecule has 4 aromatic rings. The number of benzene rings is 3. The maximum absolute atomic E-state index is 13.2. The number of sulfonamides is 1. The Kier molecular flexibility index (Phi) is 6.75. The lowest BCUT2D eigenvalue weighted by Crippen LogP contribution is -2.30. The van der Waals surface area contributed by atoms with Gasteiger partial charge in [0.25, 0.3) is 15.9 Å². The number of carbonyl (C=O) groups is 1. The highest BCUT2D eigenvalue weighted by Gasteiger charge is 2.24. The molecule has 4 rings (SSSR count). The number of aryl methyl sites for hydroxylation is 1. The molecule has 1 N–H and O–H groups in total. The Balaban J connectivity index is 1.62. The monoisotopic (exact) mass is 471 g/mol. The van der Waals surface area contributed by atoms with E-state index in [0.717, 1.165) is 11.1 Å². The van der Waals surface area contributed by atoms with Crippen LogP contribution < -0.4 is 9.62 Å². The minimum Gasteiger partial charge on any atom is -0.340 e. The highest BCUT2D eigenvalue weighted by Crippen LogP contribution is 2.24. The zero-order valence-corrected chi connectivity index (χ0v) is 19.7. The summed E-state index contributed by atoms with van der Waals surface area (Å²) >= 11 is 0. The molecule has 1 unspecified atom stereocenters. The van der Waals surface area contributed by atoms with E-state index in [1.54, 1.807) is 30.5 Å². The van der Waals surface area contributed by atoms with Crippen molar-refractivity contribution in [3.63, 3.8) is 0 Å². The molecule has 0 fully saturated rings. The fourth-order valence-corrected chi connectivity index (χ4v) is 4.83. The van der Waals surface area contributed by atoms with Crippen LogP contribution in [-0.2, 0) is 10.0 Å². The molecule has 7 heteroatoms. The third-order valence-corrected chi connectivity index (χ3v) is 7.33. The number of hydrogen-bond acceptors (Lipinski definition) is 4. The summed E-state index contributed by atoms with van der Waals surface area (Å²) < 4.78 is 27.7. The molecule has 0 aliphatic rings. The van der Waals surface area contributed by atoms with Crippen LogP contribution in [0.3, 0.4) is 0 Å².